The third-order valence-electron chi connectivity index (χ3n) is 3.82. The zero-order valence-corrected chi connectivity index (χ0v) is 15.2. The highest BCUT2D eigenvalue weighted by Crippen LogP contribution is 2.21. The normalized spacial score (nSPS) is 11.5. The zero-order valence-electron chi connectivity index (χ0n) is 13.6. The van der Waals surface area contributed by atoms with E-state index in [9.17, 15) is 13.2 Å². The second kappa shape index (κ2) is 6.82. The van der Waals surface area contributed by atoms with Gasteiger partial charge in [0.05, 0.1) is 11.4 Å². The first-order chi connectivity index (χ1) is 10.8. The van der Waals surface area contributed by atoms with Gasteiger partial charge >= 0.3 is 0 Å². The van der Waals surface area contributed by atoms with Crippen LogP contribution >= 0.6 is 11.3 Å². The van der Waals surface area contributed by atoms with Gasteiger partial charge < -0.3 is 5.32 Å². The topological polar surface area (TPSA) is 75.3 Å². The number of aryl methyl sites for hydroxylation is 2. The van der Waals surface area contributed by atoms with Gasteiger partial charge in [0.25, 0.3) is 5.91 Å². The lowest BCUT2D eigenvalue weighted by Crippen LogP contribution is -2.25. The van der Waals surface area contributed by atoms with Gasteiger partial charge in [0, 0.05) is 10.4 Å². The summed E-state index contributed by atoms with van der Waals surface area (Å²) >= 11 is 1.58. The Labute approximate surface area is 140 Å². The first kappa shape index (κ1) is 17.7. The fourth-order valence-electron chi connectivity index (χ4n) is 2.19. The van der Waals surface area contributed by atoms with Gasteiger partial charge in [-0.25, -0.2) is 13.1 Å². The van der Waals surface area contributed by atoms with Gasteiger partial charge in [-0.1, -0.05) is 0 Å². The van der Waals surface area contributed by atoms with E-state index in [1.165, 1.54) is 13.1 Å². The lowest BCUT2D eigenvalue weighted by atomic mass is 10.1. The molecule has 0 fully saturated rings. The molecule has 0 atom stereocenters. The SMILES string of the molecule is CNS(=O)(=O)c1cc(C(=O)NCc2sccc2C)cc(C)c1C. The van der Waals surface area contributed by atoms with Crippen LogP contribution in [-0.2, 0) is 16.6 Å². The van der Waals surface area contributed by atoms with Crippen LogP contribution in [-0.4, -0.2) is 21.4 Å². The maximum Gasteiger partial charge on any atom is 0.251 e. The molecule has 0 saturated heterocycles. The van der Waals surface area contributed by atoms with E-state index in [4.69, 9.17) is 0 Å². The van der Waals surface area contributed by atoms with Crippen LogP contribution in [0.2, 0.25) is 0 Å². The molecule has 2 rings (SSSR count). The lowest BCUT2D eigenvalue weighted by molar-refractivity contribution is 0.0951. The van der Waals surface area contributed by atoms with Crippen molar-refractivity contribution < 1.29 is 13.2 Å². The van der Waals surface area contributed by atoms with E-state index in [0.29, 0.717) is 17.7 Å². The highest BCUT2D eigenvalue weighted by molar-refractivity contribution is 7.89. The molecule has 0 radical (unpaired) electrons. The van der Waals surface area contributed by atoms with Gasteiger partial charge in [0.1, 0.15) is 0 Å². The fraction of sp³-hybridized carbons (Fsp3) is 0.312. The molecule has 1 heterocycles. The van der Waals surface area contributed by atoms with E-state index in [1.54, 1.807) is 31.3 Å². The predicted molar refractivity (Wildman–Crippen MR) is 92.4 cm³/mol. The van der Waals surface area contributed by atoms with Gasteiger partial charge in [0.2, 0.25) is 10.0 Å². The molecule has 124 valence electrons. The van der Waals surface area contributed by atoms with Crippen LogP contribution in [0.1, 0.15) is 31.9 Å². The maximum absolute atomic E-state index is 12.4. The van der Waals surface area contributed by atoms with E-state index in [-0.39, 0.29) is 10.8 Å². The number of carbonyl (C=O) groups is 1. The summed E-state index contributed by atoms with van der Waals surface area (Å²) in [5.41, 5.74) is 2.88. The van der Waals surface area contributed by atoms with E-state index in [2.05, 4.69) is 10.0 Å². The van der Waals surface area contributed by atoms with Crippen molar-refractivity contribution in [3.63, 3.8) is 0 Å². The minimum Gasteiger partial charge on any atom is -0.347 e. The Morgan fingerprint density at radius 2 is 1.87 bits per heavy atom. The van der Waals surface area contributed by atoms with Crippen molar-refractivity contribution in [3.05, 3.63) is 50.7 Å². The van der Waals surface area contributed by atoms with Crippen molar-refractivity contribution in [1.82, 2.24) is 10.0 Å². The van der Waals surface area contributed by atoms with Gasteiger partial charge in [-0.05, 0) is 68.1 Å². The summed E-state index contributed by atoms with van der Waals surface area (Å²) in [7, 11) is -2.24. The highest BCUT2D eigenvalue weighted by atomic mass is 32.2. The smallest absolute Gasteiger partial charge is 0.251 e. The first-order valence-electron chi connectivity index (χ1n) is 7.12. The molecule has 0 aliphatic carbocycles. The summed E-state index contributed by atoms with van der Waals surface area (Å²) in [6, 6.07) is 5.13. The molecule has 0 aliphatic heterocycles. The molecule has 5 nitrogen and oxygen atoms in total. The van der Waals surface area contributed by atoms with Gasteiger partial charge in [-0.3, -0.25) is 4.79 Å². The van der Waals surface area contributed by atoms with Crippen LogP contribution in [0.3, 0.4) is 0 Å². The van der Waals surface area contributed by atoms with Crippen molar-refractivity contribution >= 4 is 27.3 Å². The number of hydrogen-bond acceptors (Lipinski definition) is 4. The Morgan fingerprint density at radius 3 is 2.43 bits per heavy atom. The summed E-state index contributed by atoms with van der Waals surface area (Å²) in [6.45, 7) is 5.95. The number of thiophene rings is 1. The Bertz CT molecular complexity index is 839. The van der Waals surface area contributed by atoms with Crippen LogP contribution < -0.4 is 10.0 Å². The molecule has 0 unspecified atom stereocenters. The second-order valence-electron chi connectivity index (χ2n) is 5.33. The summed E-state index contributed by atoms with van der Waals surface area (Å²) in [4.78, 5) is 13.6. The number of sulfonamides is 1. The average Bonchev–Trinajstić information content (AvgIpc) is 2.92. The Kier molecular flexibility index (Phi) is 5.23. The van der Waals surface area contributed by atoms with Crippen molar-refractivity contribution in [2.24, 2.45) is 0 Å². The van der Waals surface area contributed by atoms with Gasteiger partial charge in [-0.15, -0.1) is 11.3 Å². The second-order valence-corrected chi connectivity index (χ2v) is 8.19. The molecule has 0 saturated carbocycles. The fourth-order valence-corrected chi connectivity index (χ4v) is 4.11. The number of nitrogens with one attached hydrogen (secondary N) is 2. The molecule has 0 spiro atoms. The molecule has 0 bridgehead atoms. The van der Waals surface area contributed by atoms with Crippen molar-refractivity contribution in [3.8, 4) is 0 Å². The number of rotatable bonds is 5. The van der Waals surface area contributed by atoms with Crippen molar-refractivity contribution in [2.75, 3.05) is 7.05 Å². The lowest BCUT2D eigenvalue weighted by Gasteiger charge is -2.12. The number of amides is 1. The van der Waals surface area contributed by atoms with Crippen LogP contribution in [0.4, 0.5) is 0 Å². The molecule has 2 N–H and O–H groups in total. The van der Waals surface area contributed by atoms with Crippen LogP contribution in [0, 0.1) is 20.8 Å². The molecule has 7 heteroatoms. The molecule has 1 amide bonds. The van der Waals surface area contributed by atoms with Crippen molar-refractivity contribution in [2.45, 2.75) is 32.2 Å². The Hall–Kier alpha value is -1.70. The van der Waals surface area contributed by atoms with E-state index in [0.717, 1.165) is 16.0 Å². The first-order valence-corrected chi connectivity index (χ1v) is 9.48. The summed E-state index contributed by atoms with van der Waals surface area (Å²) in [6.07, 6.45) is 0. The molecule has 0 aliphatic rings. The summed E-state index contributed by atoms with van der Waals surface area (Å²) in [5.74, 6) is -0.284. The minimum atomic E-state index is -3.60. The molecular formula is C16H20N2O3S2. The average molecular weight is 352 g/mol. The number of carbonyl (C=O) groups excluding carboxylic acids is 1. The standard InChI is InChI=1S/C16H20N2O3S2/c1-10-5-6-22-14(10)9-18-16(19)13-7-11(2)12(3)15(8-13)23(20,21)17-4/h5-8,17H,9H2,1-4H3,(H,18,19). The molecule has 23 heavy (non-hydrogen) atoms. The van der Waals surface area contributed by atoms with Gasteiger partial charge in [-0.2, -0.15) is 0 Å². The van der Waals surface area contributed by atoms with E-state index < -0.39 is 10.0 Å². The Morgan fingerprint density at radius 1 is 1.17 bits per heavy atom. The van der Waals surface area contributed by atoms with Crippen LogP contribution in [0.15, 0.2) is 28.5 Å². The van der Waals surface area contributed by atoms with Crippen molar-refractivity contribution in [1.29, 1.82) is 0 Å². The van der Waals surface area contributed by atoms with E-state index in [1.807, 2.05) is 18.4 Å². The molecule has 1 aromatic carbocycles. The van der Waals surface area contributed by atoms with Crippen LogP contribution in [0.25, 0.3) is 0 Å². The number of hydrogen-bond donors (Lipinski definition) is 2. The monoisotopic (exact) mass is 352 g/mol. The zero-order chi connectivity index (χ0) is 17.2. The highest BCUT2D eigenvalue weighted by Gasteiger charge is 2.19. The molecule has 2 aromatic rings. The van der Waals surface area contributed by atoms with E-state index >= 15 is 0 Å². The third kappa shape index (κ3) is 3.80. The predicted octanol–water partition coefficient (Wildman–Crippen LogP) is 2.51. The summed E-state index contributed by atoms with van der Waals surface area (Å²) in [5, 5.41) is 4.82. The number of benzene rings is 1. The largest absolute Gasteiger partial charge is 0.347 e. The molecule has 1 aromatic heterocycles. The quantitative estimate of drug-likeness (QED) is 0.868. The minimum absolute atomic E-state index is 0.137. The Balaban J connectivity index is 2.29. The van der Waals surface area contributed by atoms with Crippen LogP contribution in [0.5, 0.6) is 0 Å². The third-order valence-corrected chi connectivity index (χ3v) is 6.38. The maximum atomic E-state index is 12.4. The van der Waals surface area contributed by atoms with Gasteiger partial charge in [0.15, 0.2) is 0 Å². The molecular weight excluding hydrogens is 332 g/mol. The summed E-state index contributed by atoms with van der Waals surface area (Å²) < 4.78 is 26.5.